The first-order chi connectivity index (χ1) is 12.1. The molecule has 1 aromatic carbocycles. The molecular formula is C17H20N6OS. The number of aromatic nitrogens is 4. The quantitative estimate of drug-likeness (QED) is 0.704. The summed E-state index contributed by atoms with van der Waals surface area (Å²) < 4.78 is 21.6. The number of hydrogen-bond donors (Lipinski definition) is 0. The summed E-state index contributed by atoms with van der Waals surface area (Å²) >= 11 is 0. The summed E-state index contributed by atoms with van der Waals surface area (Å²) in [6, 6.07) is 5.73. The minimum Gasteiger partial charge on any atom is -0.243 e. The van der Waals surface area contributed by atoms with Gasteiger partial charge in [-0.3, -0.25) is 0 Å². The summed E-state index contributed by atoms with van der Waals surface area (Å²) in [7, 11) is -0.494. The van der Waals surface area contributed by atoms with E-state index < -0.39 is 9.92 Å². The Hall–Kier alpha value is -2.32. The Morgan fingerprint density at radius 2 is 2.08 bits per heavy atom. The zero-order chi connectivity index (χ0) is 17.4. The van der Waals surface area contributed by atoms with Gasteiger partial charge in [0.05, 0.1) is 28.8 Å². The number of hydrogen-bond acceptors (Lipinski definition) is 5. The largest absolute Gasteiger partial charge is 0.243 e. The molecule has 0 N–H and O–H groups in total. The highest BCUT2D eigenvalue weighted by Gasteiger charge is 2.36. The van der Waals surface area contributed by atoms with Gasteiger partial charge in [-0.2, -0.15) is 9.46 Å². The third kappa shape index (κ3) is 3.03. The normalized spacial score (nSPS) is 16.9. The van der Waals surface area contributed by atoms with Crippen molar-refractivity contribution in [1.82, 2.24) is 24.1 Å². The molecule has 1 aliphatic rings. The Bertz CT molecular complexity index is 1020. The fourth-order valence-corrected chi connectivity index (χ4v) is 5.05. The zero-order valence-corrected chi connectivity index (χ0v) is 15.1. The molecule has 1 fully saturated rings. The van der Waals surface area contributed by atoms with Crippen LogP contribution in [0.2, 0.25) is 0 Å². The summed E-state index contributed by atoms with van der Waals surface area (Å²) in [6.45, 7) is 2.72. The van der Waals surface area contributed by atoms with Crippen LogP contribution in [0.15, 0.2) is 47.5 Å². The lowest BCUT2D eigenvalue weighted by Crippen LogP contribution is -2.29. The summed E-state index contributed by atoms with van der Waals surface area (Å²) in [5.74, 6) is 0. The van der Waals surface area contributed by atoms with Gasteiger partial charge in [-0.15, -0.1) is 0 Å². The first-order valence-corrected chi connectivity index (χ1v) is 9.86. The predicted molar refractivity (Wildman–Crippen MR) is 98.2 cm³/mol. The topological polar surface area (TPSA) is 76.3 Å². The van der Waals surface area contributed by atoms with Crippen molar-refractivity contribution in [1.29, 1.82) is 0 Å². The first-order valence-electron chi connectivity index (χ1n) is 8.32. The Kier molecular flexibility index (Phi) is 4.01. The summed E-state index contributed by atoms with van der Waals surface area (Å²) in [4.78, 5) is 8.04. The van der Waals surface area contributed by atoms with E-state index in [2.05, 4.69) is 19.4 Å². The fraction of sp³-hybridized carbons (Fsp3) is 0.353. The van der Waals surface area contributed by atoms with Gasteiger partial charge in [-0.05, 0) is 31.0 Å². The van der Waals surface area contributed by atoms with E-state index in [0.717, 1.165) is 35.1 Å². The zero-order valence-electron chi connectivity index (χ0n) is 14.2. The van der Waals surface area contributed by atoms with Gasteiger partial charge >= 0.3 is 0 Å². The third-order valence-electron chi connectivity index (χ3n) is 4.39. The van der Waals surface area contributed by atoms with Gasteiger partial charge in [0.25, 0.3) is 0 Å². The van der Waals surface area contributed by atoms with Crippen LogP contribution in [0.25, 0.3) is 16.6 Å². The number of fused-ring (bicyclic) bond motifs is 1. The van der Waals surface area contributed by atoms with E-state index in [1.807, 2.05) is 42.7 Å². The number of nitrogens with zero attached hydrogens (tertiary/aromatic N) is 6. The van der Waals surface area contributed by atoms with Crippen molar-refractivity contribution in [3.05, 3.63) is 43.1 Å². The average molecular weight is 356 g/mol. The van der Waals surface area contributed by atoms with Crippen molar-refractivity contribution in [3.63, 3.8) is 0 Å². The Morgan fingerprint density at radius 1 is 1.32 bits per heavy atom. The van der Waals surface area contributed by atoms with Crippen molar-refractivity contribution in [2.24, 2.45) is 4.36 Å². The van der Waals surface area contributed by atoms with Gasteiger partial charge in [0.2, 0.25) is 0 Å². The maximum absolute atomic E-state index is 13.3. The Labute approximate surface area is 147 Å². The Morgan fingerprint density at radius 3 is 2.76 bits per heavy atom. The minimum atomic E-state index is -2.38. The smallest absolute Gasteiger partial charge is 0.118 e. The van der Waals surface area contributed by atoms with Gasteiger partial charge < -0.3 is 0 Å². The minimum absolute atomic E-state index is 0.178. The van der Waals surface area contributed by atoms with Crippen molar-refractivity contribution >= 4 is 26.5 Å². The highest BCUT2D eigenvalue weighted by molar-refractivity contribution is 7.92. The molecule has 1 aliphatic carbocycles. The van der Waals surface area contributed by atoms with Crippen LogP contribution in [0.5, 0.6) is 0 Å². The molecule has 1 atom stereocenters. The molecule has 0 spiro atoms. The van der Waals surface area contributed by atoms with Crippen LogP contribution in [0.4, 0.5) is 5.69 Å². The molecule has 2 heterocycles. The van der Waals surface area contributed by atoms with E-state index in [-0.39, 0.29) is 5.25 Å². The van der Waals surface area contributed by atoms with Gasteiger partial charge in [-0.1, -0.05) is 6.92 Å². The van der Waals surface area contributed by atoms with Crippen LogP contribution < -0.4 is 0 Å². The molecule has 0 saturated heterocycles. The molecule has 0 radical (unpaired) electrons. The molecule has 25 heavy (non-hydrogen) atoms. The predicted octanol–water partition coefficient (Wildman–Crippen LogP) is 2.94. The molecule has 0 aliphatic heterocycles. The van der Waals surface area contributed by atoms with Crippen molar-refractivity contribution in [2.45, 2.75) is 25.0 Å². The van der Waals surface area contributed by atoms with Crippen LogP contribution in [0.3, 0.4) is 0 Å². The highest BCUT2D eigenvalue weighted by atomic mass is 32.2. The SMILES string of the molecule is CCN(C)S(=O)(=Nc1ccc2nn(-c3cncnc3)cc2c1)C1CC1. The lowest BCUT2D eigenvalue weighted by atomic mass is 10.2. The van der Waals surface area contributed by atoms with E-state index in [1.165, 1.54) is 6.33 Å². The van der Waals surface area contributed by atoms with Crippen LogP contribution in [-0.4, -0.2) is 47.1 Å². The van der Waals surface area contributed by atoms with Crippen molar-refractivity contribution in [3.8, 4) is 5.69 Å². The maximum Gasteiger partial charge on any atom is 0.118 e. The summed E-state index contributed by atoms with van der Waals surface area (Å²) in [5.41, 5.74) is 2.38. The molecule has 130 valence electrons. The molecule has 0 bridgehead atoms. The first kappa shape index (κ1) is 16.2. The molecule has 2 aromatic heterocycles. The van der Waals surface area contributed by atoms with E-state index in [0.29, 0.717) is 6.54 Å². The molecule has 4 rings (SSSR count). The summed E-state index contributed by atoms with van der Waals surface area (Å²) in [5, 5.41) is 5.66. The molecule has 1 saturated carbocycles. The number of rotatable bonds is 5. The van der Waals surface area contributed by atoms with Gasteiger partial charge in [-0.25, -0.2) is 23.2 Å². The monoisotopic (exact) mass is 356 g/mol. The van der Waals surface area contributed by atoms with E-state index in [4.69, 9.17) is 0 Å². The fourth-order valence-electron chi connectivity index (χ4n) is 2.72. The second-order valence-electron chi connectivity index (χ2n) is 6.19. The van der Waals surface area contributed by atoms with Crippen LogP contribution in [0, 0.1) is 0 Å². The van der Waals surface area contributed by atoms with E-state index in [1.54, 1.807) is 17.1 Å². The summed E-state index contributed by atoms with van der Waals surface area (Å²) in [6.07, 6.45) is 8.79. The standard InChI is InChI=1S/C17H20N6OS/c1-3-22(2)25(24,16-5-6-16)21-14-4-7-17-13(8-14)11-23(20-17)15-9-18-12-19-10-15/h4,7-12,16H,3,5-6H2,1-2H3. The molecule has 0 amide bonds. The third-order valence-corrected chi connectivity index (χ3v) is 7.35. The van der Waals surface area contributed by atoms with Crippen molar-refractivity contribution in [2.75, 3.05) is 13.6 Å². The van der Waals surface area contributed by atoms with Crippen molar-refractivity contribution < 1.29 is 4.21 Å². The maximum atomic E-state index is 13.3. The lowest BCUT2D eigenvalue weighted by molar-refractivity contribution is 0.538. The molecule has 1 unspecified atom stereocenters. The average Bonchev–Trinajstić information content (AvgIpc) is 3.42. The number of benzene rings is 1. The van der Waals surface area contributed by atoms with Crippen LogP contribution in [0.1, 0.15) is 19.8 Å². The van der Waals surface area contributed by atoms with E-state index >= 15 is 0 Å². The second kappa shape index (κ2) is 6.20. The Balaban J connectivity index is 1.76. The highest BCUT2D eigenvalue weighted by Crippen LogP contribution is 2.35. The molecule has 3 aromatic rings. The van der Waals surface area contributed by atoms with Crippen LogP contribution >= 0.6 is 0 Å². The van der Waals surface area contributed by atoms with Crippen LogP contribution in [-0.2, 0) is 9.92 Å². The second-order valence-corrected chi connectivity index (χ2v) is 8.73. The lowest BCUT2D eigenvalue weighted by Gasteiger charge is -2.19. The van der Waals surface area contributed by atoms with Gasteiger partial charge in [0, 0.05) is 25.2 Å². The van der Waals surface area contributed by atoms with Gasteiger partial charge in [0.15, 0.2) is 0 Å². The van der Waals surface area contributed by atoms with E-state index in [9.17, 15) is 4.21 Å². The molecule has 8 heteroatoms. The molecule has 7 nitrogen and oxygen atoms in total. The molecular weight excluding hydrogens is 336 g/mol. The van der Waals surface area contributed by atoms with Gasteiger partial charge in [0.1, 0.15) is 21.9 Å².